The minimum atomic E-state index is -1.27. The molecular formula is C9H16O4. The Balaban J connectivity index is 2.51. The Hall–Kier alpha value is -0.610. The lowest BCUT2D eigenvalue weighted by molar-refractivity contribution is -0.168. The molecule has 1 saturated carbocycles. The van der Waals surface area contributed by atoms with Crippen molar-refractivity contribution < 1.29 is 19.4 Å². The van der Waals surface area contributed by atoms with E-state index in [9.17, 15) is 9.90 Å². The van der Waals surface area contributed by atoms with E-state index in [1.807, 2.05) is 0 Å². The first-order chi connectivity index (χ1) is 6.12. The molecular weight excluding hydrogens is 172 g/mol. The number of carbonyl (C=O) groups is 1. The maximum Gasteiger partial charge on any atom is 0.337 e. The highest BCUT2D eigenvalue weighted by Gasteiger charge is 2.40. The summed E-state index contributed by atoms with van der Waals surface area (Å²) >= 11 is 0. The van der Waals surface area contributed by atoms with E-state index in [1.165, 1.54) is 7.11 Å². The van der Waals surface area contributed by atoms with Gasteiger partial charge in [0.05, 0.1) is 13.2 Å². The first-order valence-electron chi connectivity index (χ1n) is 4.46. The van der Waals surface area contributed by atoms with Crippen molar-refractivity contribution in [3.8, 4) is 0 Å². The Morgan fingerprint density at radius 3 is 2.31 bits per heavy atom. The number of ether oxygens (including phenoxy) is 2. The molecule has 13 heavy (non-hydrogen) atoms. The van der Waals surface area contributed by atoms with Crippen molar-refractivity contribution in [1.29, 1.82) is 0 Å². The van der Waals surface area contributed by atoms with Gasteiger partial charge in [-0.2, -0.15) is 0 Å². The molecule has 1 aliphatic rings. The molecule has 0 amide bonds. The lowest BCUT2D eigenvalue weighted by Gasteiger charge is -2.32. The van der Waals surface area contributed by atoms with Gasteiger partial charge in [0.1, 0.15) is 0 Å². The zero-order chi connectivity index (χ0) is 9.90. The van der Waals surface area contributed by atoms with Gasteiger partial charge >= 0.3 is 5.97 Å². The summed E-state index contributed by atoms with van der Waals surface area (Å²) in [6.07, 6.45) is 2.45. The highest BCUT2D eigenvalue weighted by Crippen LogP contribution is 2.30. The zero-order valence-corrected chi connectivity index (χ0v) is 8.08. The van der Waals surface area contributed by atoms with Crippen LogP contribution >= 0.6 is 0 Å². The topological polar surface area (TPSA) is 55.8 Å². The van der Waals surface area contributed by atoms with Gasteiger partial charge in [0, 0.05) is 7.11 Å². The van der Waals surface area contributed by atoms with Crippen LogP contribution in [0.25, 0.3) is 0 Å². The molecule has 0 bridgehead atoms. The molecule has 1 N–H and O–H groups in total. The van der Waals surface area contributed by atoms with Crippen LogP contribution in [-0.2, 0) is 14.3 Å². The maximum absolute atomic E-state index is 11.2. The van der Waals surface area contributed by atoms with Crippen molar-refractivity contribution in [2.75, 3.05) is 14.2 Å². The number of methoxy groups -OCH3 is 2. The van der Waals surface area contributed by atoms with E-state index in [-0.39, 0.29) is 6.10 Å². The van der Waals surface area contributed by atoms with Gasteiger partial charge in [0.25, 0.3) is 0 Å². The monoisotopic (exact) mass is 188 g/mol. The second-order valence-corrected chi connectivity index (χ2v) is 3.46. The van der Waals surface area contributed by atoms with Gasteiger partial charge in [0.15, 0.2) is 5.60 Å². The van der Waals surface area contributed by atoms with Gasteiger partial charge in [0.2, 0.25) is 0 Å². The summed E-state index contributed by atoms with van der Waals surface area (Å²) < 4.78 is 9.67. The van der Waals surface area contributed by atoms with E-state index in [0.717, 1.165) is 0 Å². The highest BCUT2D eigenvalue weighted by molar-refractivity contribution is 5.79. The third-order valence-electron chi connectivity index (χ3n) is 2.66. The molecule has 1 aliphatic carbocycles. The average Bonchev–Trinajstić information content (AvgIpc) is 2.18. The van der Waals surface area contributed by atoms with Crippen LogP contribution in [-0.4, -0.2) is 37.0 Å². The fraction of sp³-hybridized carbons (Fsp3) is 0.889. The predicted octanol–water partition coefficient (Wildman–Crippen LogP) is 0.479. The van der Waals surface area contributed by atoms with Gasteiger partial charge in [-0.3, -0.25) is 0 Å². The molecule has 0 aromatic rings. The molecule has 4 heteroatoms. The van der Waals surface area contributed by atoms with Crippen LogP contribution in [0.15, 0.2) is 0 Å². The lowest BCUT2D eigenvalue weighted by atomic mass is 9.83. The Morgan fingerprint density at radius 1 is 1.38 bits per heavy atom. The molecule has 1 fully saturated rings. The minimum absolute atomic E-state index is 0.171. The number of carbonyl (C=O) groups excluding carboxylic acids is 1. The van der Waals surface area contributed by atoms with E-state index in [1.54, 1.807) is 7.11 Å². The molecule has 1 rings (SSSR count). The molecule has 0 radical (unpaired) electrons. The molecule has 0 aromatic heterocycles. The van der Waals surface area contributed by atoms with Crippen LogP contribution in [0, 0.1) is 0 Å². The van der Waals surface area contributed by atoms with Crippen LogP contribution in [0.2, 0.25) is 0 Å². The van der Waals surface area contributed by atoms with Crippen molar-refractivity contribution in [3.05, 3.63) is 0 Å². The third kappa shape index (κ3) is 2.19. The van der Waals surface area contributed by atoms with Crippen LogP contribution in [0.5, 0.6) is 0 Å². The summed E-state index contributed by atoms with van der Waals surface area (Å²) in [6.45, 7) is 0. The Kier molecular flexibility index (Phi) is 3.27. The van der Waals surface area contributed by atoms with Crippen molar-refractivity contribution in [2.45, 2.75) is 37.4 Å². The number of hydrogen-bond acceptors (Lipinski definition) is 4. The van der Waals surface area contributed by atoms with Gasteiger partial charge in [-0.15, -0.1) is 0 Å². The second kappa shape index (κ2) is 4.07. The molecule has 0 heterocycles. The largest absolute Gasteiger partial charge is 0.467 e. The first-order valence-corrected chi connectivity index (χ1v) is 4.46. The van der Waals surface area contributed by atoms with E-state index >= 15 is 0 Å². The van der Waals surface area contributed by atoms with E-state index < -0.39 is 11.6 Å². The highest BCUT2D eigenvalue weighted by atomic mass is 16.5. The summed E-state index contributed by atoms with van der Waals surface area (Å²) in [5.74, 6) is -0.526. The number of esters is 1. The minimum Gasteiger partial charge on any atom is -0.467 e. The fourth-order valence-electron chi connectivity index (χ4n) is 1.70. The molecule has 0 aromatic carbocycles. The van der Waals surface area contributed by atoms with Gasteiger partial charge in [-0.25, -0.2) is 4.79 Å². The zero-order valence-electron chi connectivity index (χ0n) is 8.08. The SMILES string of the molecule is COC(=O)C1(O)CCC(OC)CC1. The molecule has 76 valence electrons. The molecule has 0 aliphatic heterocycles. The summed E-state index contributed by atoms with van der Waals surface area (Å²) in [4.78, 5) is 11.2. The Bertz CT molecular complexity index is 182. The first kappa shape index (κ1) is 10.5. The fourth-order valence-corrected chi connectivity index (χ4v) is 1.70. The van der Waals surface area contributed by atoms with Crippen LogP contribution < -0.4 is 0 Å². The van der Waals surface area contributed by atoms with Crippen LogP contribution in [0.3, 0.4) is 0 Å². The smallest absolute Gasteiger partial charge is 0.337 e. The molecule has 0 spiro atoms. The molecule has 0 saturated heterocycles. The summed E-state index contributed by atoms with van der Waals surface area (Å²) in [6, 6.07) is 0. The lowest BCUT2D eigenvalue weighted by Crippen LogP contribution is -2.44. The van der Waals surface area contributed by atoms with Crippen LogP contribution in [0.4, 0.5) is 0 Å². The van der Waals surface area contributed by atoms with Crippen molar-refractivity contribution >= 4 is 5.97 Å². The van der Waals surface area contributed by atoms with Crippen molar-refractivity contribution in [3.63, 3.8) is 0 Å². The number of aliphatic hydroxyl groups is 1. The molecule has 0 unspecified atom stereocenters. The quantitative estimate of drug-likeness (QED) is 0.640. The van der Waals surface area contributed by atoms with Crippen molar-refractivity contribution in [1.82, 2.24) is 0 Å². The standard InChI is InChI=1S/C9H16O4/c1-12-7-3-5-9(11,6-4-7)8(10)13-2/h7,11H,3-6H2,1-2H3. The van der Waals surface area contributed by atoms with Gasteiger partial charge in [-0.1, -0.05) is 0 Å². The van der Waals surface area contributed by atoms with E-state index in [0.29, 0.717) is 25.7 Å². The predicted molar refractivity (Wildman–Crippen MR) is 46.2 cm³/mol. The third-order valence-corrected chi connectivity index (χ3v) is 2.66. The maximum atomic E-state index is 11.2. The summed E-state index contributed by atoms with van der Waals surface area (Å²) in [5, 5.41) is 9.82. The summed E-state index contributed by atoms with van der Waals surface area (Å²) in [5.41, 5.74) is -1.27. The van der Waals surface area contributed by atoms with Gasteiger partial charge in [-0.05, 0) is 25.7 Å². The average molecular weight is 188 g/mol. The normalized spacial score (nSPS) is 34.2. The van der Waals surface area contributed by atoms with Gasteiger partial charge < -0.3 is 14.6 Å². The number of rotatable bonds is 2. The van der Waals surface area contributed by atoms with E-state index in [4.69, 9.17) is 4.74 Å². The number of hydrogen-bond donors (Lipinski definition) is 1. The molecule has 0 atom stereocenters. The molecule has 4 nitrogen and oxygen atoms in total. The van der Waals surface area contributed by atoms with Crippen LogP contribution in [0.1, 0.15) is 25.7 Å². The summed E-state index contributed by atoms with van der Waals surface area (Å²) in [7, 11) is 2.94. The van der Waals surface area contributed by atoms with E-state index in [2.05, 4.69) is 4.74 Å². The second-order valence-electron chi connectivity index (χ2n) is 3.46. The van der Waals surface area contributed by atoms with Crippen molar-refractivity contribution in [2.24, 2.45) is 0 Å². The Labute approximate surface area is 77.8 Å². The Morgan fingerprint density at radius 2 is 1.92 bits per heavy atom.